The van der Waals surface area contributed by atoms with E-state index < -0.39 is 18.2 Å². The summed E-state index contributed by atoms with van der Waals surface area (Å²) in [7, 11) is 0. The molecule has 1 amide bonds. The average molecular weight is 471 g/mol. The van der Waals surface area contributed by atoms with Crippen molar-refractivity contribution < 1.29 is 33.0 Å². The topological polar surface area (TPSA) is 89.9 Å². The van der Waals surface area contributed by atoms with Gasteiger partial charge in [0.1, 0.15) is 0 Å². The van der Waals surface area contributed by atoms with Crippen molar-refractivity contribution in [1.29, 1.82) is 0 Å². The van der Waals surface area contributed by atoms with Crippen LogP contribution in [0.3, 0.4) is 0 Å². The van der Waals surface area contributed by atoms with E-state index in [1.165, 1.54) is 12.8 Å². The van der Waals surface area contributed by atoms with Crippen LogP contribution in [0.1, 0.15) is 31.2 Å². The molecule has 0 radical (unpaired) electrons. The number of aliphatic carboxylic acids is 1. The number of halogens is 3. The Morgan fingerprint density at radius 1 is 1.16 bits per heavy atom. The molecular weight excluding hydrogens is 445 g/mol. The van der Waals surface area contributed by atoms with E-state index >= 15 is 0 Å². The van der Waals surface area contributed by atoms with Crippen LogP contribution in [0.4, 0.5) is 23.7 Å². The number of fused-ring (bicyclic) bond motifs is 2. The Kier molecular flexibility index (Phi) is 7.45. The van der Waals surface area contributed by atoms with E-state index in [0.29, 0.717) is 24.5 Å². The number of nitrogens with zero attached hydrogens (tertiary/aromatic N) is 1. The predicted octanol–water partition coefficient (Wildman–Crippen LogP) is 5.37. The average Bonchev–Trinajstić information content (AvgIpc) is 3.35. The van der Waals surface area contributed by atoms with Crippen LogP contribution in [0.25, 0.3) is 11.1 Å². The number of alkyl halides is 3. The quantitative estimate of drug-likeness (QED) is 0.559. The predicted molar refractivity (Wildman–Crippen MR) is 116 cm³/mol. The largest absolute Gasteiger partial charge is 0.490 e. The fourth-order valence-electron chi connectivity index (χ4n) is 4.39. The SMILES string of the molecule is Cc1ccc(-c2ccsc2)c(N(CC2C[C@H]3CC[C@@H](C2)N3)C(=O)O)c1.O=C(O)C(F)(F)F. The number of piperidine rings is 1. The Morgan fingerprint density at radius 2 is 1.78 bits per heavy atom. The van der Waals surface area contributed by atoms with Gasteiger partial charge in [0.2, 0.25) is 0 Å². The molecule has 0 aliphatic carbocycles. The molecule has 2 aliphatic rings. The molecule has 6 nitrogen and oxygen atoms in total. The molecule has 2 aliphatic heterocycles. The summed E-state index contributed by atoms with van der Waals surface area (Å²) in [6, 6.07) is 9.33. The number of amides is 1. The lowest BCUT2D eigenvalue weighted by atomic mass is 9.91. The van der Waals surface area contributed by atoms with Gasteiger partial charge < -0.3 is 15.5 Å². The molecule has 1 unspecified atom stereocenters. The van der Waals surface area contributed by atoms with Crippen LogP contribution < -0.4 is 10.2 Å². The number of hydrogen-bond donors (Lipinski definition) is 3. The van der Waals surface area contributed by atoms with Gasteiger partial charge in [-0.05, 0) is 72.5 Å². The van der Waals surface area contributed by atoms with Crippen LogP contribution in [-0.4, -0.2) is 47.1 Å². The number of nitrogens with one attached hydrogen (secondary N) is 1. The van der Waals surface area contributed by atoms with Crippen LogP contribution in [0.5, 0.6) is 0 Å². The molecule has 1 aromatic carbocycles. The van der Waals surface area contributed by atoms with Crippen LogP contribution in [0.15, 0.2) is 35.0 Å². The van der Waals surface area contributed by atoms with E-state index in [2.05, 4.69) is 28.9 Å². The minimum atomic E-state index is -5.08. The molecule has 2 fully saturated rings. The third-order valence-corrected chi connectivity index (χ3v) is 6.44. The lowest BCUT2D eigenvalue weighted by Gasteiger charge is -2.33. The van der Waals surface area contributed by atoms with Gasteiger partial charge in [-0.3, -0.25) is 4.90 Å². The summed E-state index contributed by atoms with van der Waals surface area (Å²) in [5, 5.41) is 24.8. The summed E-state index contributed by atoms with van der Waals surface area (Å²) in [6.07, 6.45) is -1.30. The lowest BCUT2D eigenvalue weighted by molar-refractivity contribution is -0.192. The van der Waals surface area contributed by atoms with Crippen molar-refractivity contribution in [3.8, 4) is 11.1 Å². The summed E-state index contributed by atoms with van der Waals surface area (Å²) in [4.78, 5) is 22.6. The first-order chi connectivity index (χ1) is 15.0. The van der Waals surface area contributed by atoms with E-state index in [-0.39, 0.29) is 0 Å². The maximum absolute atomic E-state index is 12.1. The zero-order valence-electron chi connectivity index (χ0n) is 17.4. The molecule has 1 aromatic heterocycles. The molecule has 2 saturated heterocycles. The monoisotopic (exact) mass is 470 g/mol. The fourth-order valence-corrected chi connectivity index (χ4v) is 5.04. The molecule has 4 rings (SSSR count). The smallest absolute Gasteiger partial charge is 0.475 e. The van der Waals surface area contributed by atoms with E-state index in [9.17, 15) is 23.1 Å². The number of aryl methyl sites for hydroxylation is 1. The summed E-state index contributed by atoms with van der Waals surface area (Å²) in [5.41, 5.74) is 4.00. The minimum Gasteiger partial charge on any atom is -0.475 e. The molecule has 3 N–H and O–H groups in total. The number of rotatable bonds is 4. The number of carboxylic acid groups (broad SMARTS) is 2. The lowest BCUT2D eigenvalue weighted by Crippen LogP contribution is -2.43. The Balaban J connectivity index is 0.000000360. The highest BCUT2D eigenvalue weighted by atomic mass is 32.1. The van der Waals surface area contributed by atoms with Gasteiger partial charge >= 0.3 is 18.2 Å². The first-order valence-electron chi connectivity index (χ1n) is 10.2. The van der Waals surface area contributed by atoms with Gasteiger partial charge in [0, 0.05) is 24.2 Å². The van der Waals surface area contributed by atoms with Crippen molar-refractivity contribution in [2.24, 2.45) is 5.92 Å². The second kappa shape index (κ2) is 9.91. The Labute approximate surface area is 187 Å². The Morgan fingerprint density at radius 3 is 2.28 bits per heavy atom. The van der Waals surface area contributed by atoms with Crippen LogP contribution in [-0.2, 0) is 4.79 Å². The molecule has 0 spiro atoms. The maximum Gasteiger partial charge on any atom is 0.490 e. The first-order valence-corrected chi connectivity index (χ1v) is 11.2. The van der Waals surface area contributed by atoms with Crippen LogP contribution in [0.2, 0.25) is 0 Å². The Bertz CT molecular complexity index is 937. The zero-order chi connectivity index (χ0) is 23.5. The molecule has 32 heavy (non-hydrogen) atoms. The number of hydrogen-bond acceptors (Lipinski definition) is 4. The second-order valence-electron chi connectivity index (χ2n) is 8.20. The molecule has 0 saturated carbocycles. The molecule has 2 aromatic rings. The molecular formula is C22H25F3N2O4S. The van der Waals surface area contributed by atoms with Crippen molar-refractivity contribution in [2.75, 3.05) is 11.4 Å². The molecule has 174 valence electrons. The van der Waals surface area contributed by atoms with Gasteiger partial charge in [-0.25, -0.2) is 9.59 Å². The Hall–Kier alpha value is -2.59. The van der Waals surface area contributed by atoms with Crippen molar-refractivity contribution in [1.82, 2.24) is 5.32 Å². The van der Waals surface area contributed by atoms with Gasteiger partial charge in [-0.15, -0.1) is 0 Å². The van der Waals surface area contributed by atoms with Gasteiger partial charge in [-0.2, -0.15) is 24.5 Å². The molecule has 3 heterocycles. The molecule has 10 heteroatoms. The van der Waals surface area contributed by atoms with E-state index in [4.69, 9.17) is 9.90 Å². The van der Waals surface area contributed by atoms with Crippen molar-refractivity contribution in [2.45, 2.75) is 50.9 Å². The van der Waals surface area contributed by atoms with Crippen LogP contribution >= 0.6 is 11.3 Å². The maximum atomic E-state index is 12.1. The van der Waals surface area contributed by atoms with Gasteiger partial charge in [0.25, 0.3) is 0 Å². The molecule has 3 atom stereocenters. The third kappa shape index (κ3) is 6.01. The summed E-state index contributed by atoms with van der Waals surface area (Å²) in [5.74, 6) is -2.32. The highest BCUT2D eigenvalue weighted by Gasteiger charge is 2.38. The third-order valence-electron chi connectivity index (χ3n) is 5.76. The fraction of sp³-hybridized carbons (Fsp3) is 0.455. The van der Waals surface area contributed by atoms with E-state index in [0.717, 1.165) is 35.2 Å². The van der Waals surface area contributed by atoms with E-state index in [1.807, 2.05) is 18.4 Å². The van der Waals surface area contributed by atoms with Gasteiger partial charge in [0.15, 0.2) is 0 Å². The van der Waals surface area contributed by atoms with Crippen molar-refractivity contribution in [3.05, 3.63) is 40.6 Å². The van der Waals surface area contributed by atoms with Crippen molar-refractivity contribution in [3.63, 3.8) is 0 Å². The second-order valence-corrected chi connectivity index (χ2v) is 8.98. The number of benzene rings is 1. The number of carboxylic acids is 1. The highest BCUT2D eigenvalue weighted by Crippen LogP contribution is 2.36. The summed E-state index contributed by atoms with van der Waals surface area (Å²) < 4.78 is 31.7. The highest BCUT2D eigenvalue weighted by molar-refractivity contribution is 7.08. The normalized spacial score (nSPS) is 22.1. The number of thiophene rings is 1. The van der Waals surface area contributed by atoms with Gasteiger partial charge in [0.05, 0.1) is 5.69 Å². The van der Waals surface area contributed by atoms with Crippen LogP contribution in [0, 0.1) is 12.8 Å². The van der Waals surface area contributed by atoms with E-state index in [1.54, 1.807) is 16.2 Å². The van der Waals surface area contributed by atoms with Crippen molar-refractivity contribution >= 4 is 29.1 Å². The standard InChI is InChI=1S/C20H24N2O2S.C2HF3O2/c1-13-2-5-18(15-6-7-25-12-15)19(8-13)22(20(23)24)11-14-9-16-3-4-17(10-14)21-16;3-2(4,5)1(6)7/h2,5-8,12,14,16-17,21H,3-4,9-11H2,1H3,(H,23,24);(H,6,7)/t14?,16-,17+;. The number of anilines is 1. The minimum absolute atomic E-state index is 0.436. The summed E-state index contributed by atoms with van der Waals surface area (Å²) in [6.45, 7) is 2.61. The number of carbonyl (C=O) groups is 2. The zero-order valence-corrected chi connectivity index (χ0v) is 18.2. The molecule has 2 bridgehead atoms. The first kappa shape index (κ1) is 24.1. The summed E-state index contributed by atoms with van der Waals surface area (Å²) >= 11 is 1.64. The van der Waals surface area contributed by atoms with Gasteiger partial charge in [-0.1, -0.05) is 12.1 Å².